The highest BCUT2D eigenvalue weighted by Crippen LogP contribution is 2.37. The predicted octanol–water partition coefficient (Wildman–Crippen LogP) is 5.29. The minimum absolute atomic E-state index is 0.132. The molecule has 1 aliphatic carbocycles. The molecule has 2 aliphatic rings. The van der Waals surface area contributed by atoms with Gasteiger partial charge in [0.2, 0.25) is 5.43 Å². The van der Waals surface area contributed by atoms with Crippen molar-refractivity contribution < 1.29 is 23.5 Å². The van der Waals surface area contributed by atoms with Crippen LogP contribution >= 0.6 is 11.3 Å². The molecule has 238 valence electrons. The van der Waals surface area contributed by atoms with E-state index in [1.165, 1.54) is 29.4 Å². The smallest absolute Gasteiger partial charge is 0.338 e. The molecule has 2 fully saturated rings. The van der Waals surface area contributed by atoms with Gasteiger partial charge in [-0.05, 0) is 31.9 Å². The number of carbonyl (C=O) groups is 2. The average molecular weight is 634 g/mol. The summed E-state index contributed by atoms with van der Waals surface area (Å²) in [6, 6.07) is 6.88. The Hall–Kier alpha value is -4.42. The number of methoxy groups -OCH3 is 1. The van der Waals surface area contributed by atoms with Gasteiger partial charge in [-0.3, -0.25) is 9.59 Å². The number of anilines is 2. The zero-order valence-corrected chi connectivity index (χ0v) is 27.0. The Balaban J connectivity index is 1.45. The van der Waals surface area contributed by atoms with Crippen molar-refractivity contribution in [3.8, 4) is 11.1 Å². The molecule has 0 radical (unpaired) electrons. The summed E-state index contributed by atoms with van der Waals surface area (Å²) in [6.07, 6.45) is 4.05. The number of likely N-dealkylation sites (N-methyl/N-ethyl adjacent to an activating group) is 1. The Morgan fingerprint density at radius 3 is 2.49 bits per heavy atom. The van der Waals surface area contributed by atoms with Gasteiger partial charge in [0.25, 0.3) is 5.91 Å². The molecule has 0 atom stereocenters. The molecule has 45 heavy (non-hydrogen) atoms. The van der Waals surface area contributed by atoms with E-state index < -0.39 is 5.97 Å². The highest BCUT2D eigenvalue weighted by molar-refractivity contribution is 7.17. The van der Waals surface area contributed by atoms with E-state index in [4.69, 9.17) is 13.9 Å². The first-order valence-corrected chi connectivity index (χ1v) is 15.8. The Morgan fingerprint density at radius 1 is 1.11 bits per heavy atom. The van der Waals surface area contributed by atoms with Crippen LogP contribution < -0.4 is 15.6 Å². The number of hydrogen-bond donors (Lipinski definition) is 1. The fourth-order valence-corrected chi connectivity index (χ4v) is 6.74. The molecule has 1 aromatic carbocycles. The third-order valence-electron chi connectivity index (χ3n) is 8.04. The lowest BCUT2D eigenvalue weighted by molar-refractivity contribution is -0.126. The van der Waals surface area contributed by atoms with Gasteiger partial charge in [0.15, 0.2) is 11.5 Å². The highest BCUT2D eigenvalue weighted by Gasteiger charge is 2.29. The second-order valence-corrected chi connectivity index (χ2v) is 12.2. The standard InChI is InChI=1S/C33H39N5O6S/c1-20(32(40)36(4)5)38(24-9-7-8-10-24)22(3)34-21(2)35-23-11-12-25(26(17-23)33(41)42-6)27-19-45-31-28(39)18-29(44-30(27)31)37-13-15-43-16-14-37/h11-12,17-19,24,35H,1-2,7-10,13-16H2,3-6H3/b34-22+. The Labute approximate surface area is 266 Å². The maximum Gasteiger partial charge on any atom is 0.338 e. The monoisotopic (exact) mass is 633 g/mol. The summed E-state index contributed by atoms with van der Waals surface area (Å²) in [5.74, 6) is 0.670. The van der Waals surface area contributed by atoms with E-state index >= 15 is 0 Å². The fraction of sp³-hybridized carbons (Fsp3) is 0.394. The van der Waals surface area contributed by atoms with Gasteiger partial charge in [0.05, 0.1) is 25.9 Å². The molecular weight excluding hydrogens is 594 g/mol. The van der Waals surface area contributed by atoms with E-state index in [1.807, 2.05) is 22.1 Å². The number of amidine groups is 1. The molecule has 12 heteroatoms. The lowest BCUT2D eigenvalue weighted by Crippen LogP contribution is -2.42. The Bertz CT molecular complexity index is 1710. The molecule has 1 amide bonds. The van der Waals surface area contributed by atoms with Gasteiger partial charge in [-0.2, -0.15) is 0 Å². The maximum absolute atomic E-state index is 13.0. The van der Waals surface area contributed by atoms with E-state index in [2.05, 4.69) is 23.5 Å². The van der Waals surface area contributed by atoms with Crippen LogP contribution in [-0.4, -0.2) is 81.1 Å². The molecule has 2 aromatic heterocycles. The van der Waals surface area contributed by atoms with Crippen LogP contribution in [-0.2, 0) is 14.3 Å². The van der Waals surface area contributed by atoms with Crippen LogP contribution in [0.5, 0.6) is 0 Å². The van der Waals surface area contributed by atoms with Crippen LogP contribution in [0.3, 0.4) is 0 Å². The van der Waals surface area contributed by atoms with Crippen LogP contribution in [0.15, 0.2) is 68.5 Å². The fourth-order valence-electron chi connectivity index (χ4n) is 5.84. The SMILES string of the molecule is C=C(/N=C(\C)N(C(=C)C(=O)N(C)C)C1CCCC1)Nc1ccc(-c2csc3c(=O)cc(N4CCOCC4)oc23)c(C(=O)OC)c1. The third-order valence-corrected chi connectivity index (χ3v) is 9.01. The minimum Gasteiger partial charge on any atom is -0.465 e. The number of ether oxygens (including phenoxy) is 2. The highest BCUT2D eigenvalue weighted by atomic mass is 32.1. The van der Waals surface area contributed by atoms with Gasteiger partial charge in [0, 0.05) is 61.5 Å². The van der Waals surface area contributed by atoms with Gasteiger partial charge in [-0.1, -0.05) is 32.1 Å². The van der Waals surface area contributed by atoms with Crippen LogP contribution in [0.4, 0.5) is 11.6 Å². The van der Waals surface area contributed by atoms with E-state index in [-0.39, 0.29) is 22.9 Å². The van der Waals surface area contributed by atoms with Crippen molar-refractivity contribution in [2.75, 3.05) is 57.7 Å². The van der Waals surface area contributed by atoms with Crippen LogP contribution in [0.1, 0.15) is 43.0 Å². The number of amides is 1. The average Bonchev–Trinajstić information content (AvgIpc) is 3.71. The summed E-state index contributed by atoms with van der Waals surface area (Å²) < 4.78 is 17.3. The molecule has 3 aromatic rings. The maximum atomic E-state index is 13.0. The molecule has 1 saturated heterocycles. The van der Waals surface area contributed by atoms with Gasteiger partial charge in [-0.15, -0.1) is 11.3 Å². The molecule has 5 rings (SSSR count). The topological polar surface area (TPSA) is 117 Å². The molecule has 0 unspecified atom stereocenters. The van der Waals surface area contributed by atoms with Gasteiger partial charge >= 0.3 is 5.97 Å². The number of benzene rings is 1. The molecule has 11 nitrogen and oxygen atoms in total. The first kappa shape index (κ1) is 32.0. The number of fused-ring (bicyclic) bond motifs is 1. The summed E-state index contributed by atoms with van der Waals surface area (Å²) in [4.78, 5) is 48.9. The number of carbonyl (C=O) groups excluding carboxylic acids is 2. The molecule has 1 saturated carbocycles. The van der Waals surface area contributed by atoms with Crippen molar-refractivity contribution in [3.63, 3.8) is 0 Å². The van der Waals surface area contributed by atoms with Crippen molar-refractivity contribution in [2.24, 2.45) is 4.99 Å². The quantitative estimate of drug-likeness (QED) is 0.145. The van der Waals surface area contributed by atoms with Crippen molar-refractivity contribution in [1.82, 2.24) is 9.80 Å². The summed E-state index contributed by atoms with van der Waals surface area (Å²) in [7, 11) is 4.72. The number of morpholine rings is 1. The van der Waals surface area contributed by atoms with E-state index in [0.29, 0.717) is 76.6 Å². The van der Waals surface area contributed by atoms with Crippen molar-refractivity contribution in [1.29, 1.82) is 0 Å². The second kappa shape index (κ2) is 13.7. The predicted molar refractivity (Wildman–Crippen MR) is 178 cm³/mol. The number of thiophene rings is 1. The number of hydrogen-bond acceptors (Lipinski definition) is 10. The van der Waals surface area contributed by atoms with E-state index in [9.17, 15) is 14.4 Å². The van der Waals surface area contributed by atoms with Gasteiger partial charge in [-0.25, -0.2) is 9.79 Å². The first-order valence-electron chi connectivity index (χ1n) is 14.9. The second-order valence-electron chi connectivity index (χ2n) is 11.3. The van der Waals surface area contributed by atoms with Gasteiger partial charge < -0.3 is 33.9 Å². The number of esters is 1. The first-order chi connectivity index (χ1) is 21.6. The zero-order valence-electron chi connectivity index (χ0n) is 26.2. The van der Waals surface area contributed by atoms with E-state index in [0.717, 1.165) is 25.7 Å². The summed E-state index contributed by atoms with van der Waals surface area (Å²) >= 11 is 1.27. The minimum atomic E-state index is -0.545. The molecule has 1 N–H and O–H groups in total. The Morgan fingerprint density at radius 2 is 1.82 bits per heavy atom. The Kier molecular flexibility index (Phi) is 9.74. The largest absolute Gasteiger partial charge is 0.465 e. The van der Waals surface area contributed by atoms with Crippen molar-refractivity contribution >= 4 is 50.9 Å². The lowest BCUT2D eigenvalue weighted by atomic mass is 10.0. The number of nitrogens with zero attached hydrogens (tertiary/aromatic N) is 4. The third kappa shape index (κ3) is 6.81. The number of nitrogens with one attached hydrogen (secondary N) is 1. The molecule has 0 spiro atoms. The number of rotatable bonds is 9. The van der Waals surface area contributed by atoms with Gasteiger partial charge in [0.1, 0.15) is 22.1 Å². The van der Waals surface area contributed by atoms with Crippen LogP contribution in [0.2, 0.25) is 0 Å². The molecular formula is C33H39N5O6S. The van der Waals surface area contributed by atoms with Crippen molar-refractivity contribution in [3.05, 3.63) is 70.1 Å². The van der Waals surface area contributed by atoms with E-state index in [1.54, 1.807) is 32.3 Å². The zero-order chi connectivity index (χ0) is 32.2. The molecule has 0 bridgehead atoms. The molecule has 3 heterocycles. The van der Waals surface area contributed by atoms with Crippen LogP contribution in [0.25, 0.3) is 21.4 Å². The number of aliphatic imine (C=N–C) groups is 1. The van der Waals surface area contributed by atoms with Crippen LogP contribution in [0, 0.1) is 0 Å². The normalized spacial score (nSPS) is 15.6. The van der Waals surface area contributed by atoms with Crippen molar-refractivity contribution in [2.45, 2.75) is 38.6 Å². The summed E-state index contributed by atoms with van der Waals surface area (Å²) in [5.41, 5.74) is 2.68. The summed E-state index contributed by atoms with van der Waals surface area (Å²) in [5, 5.41) is 4.99. The summed E-state index contributed by atoms with van der Waals surface area (Å²) in [6.45, 7) is 12.3. The molecule has 1 aliphatic heterocycles. The lowest BCUT2D eigenvalue weighted by Gasteiger charge is -2.32.